The molecule has 0 unspecified atom stereocenters. The van der Waals surface area contributed by atoms with Gasteiger partial charge in [0.05, 0.1) is 5.52 Å². The first-order valence-corrected chi connectivity index (χ1v) is 7.07. The number of rotatable bonds is 4. The van der Waals surface area contributed by atoms with Gasteiger partial charge in [-0.3, -0.25) is 9.78 Å². The number of aryl methyl sites for hydroxylation is 1. The van der Waals surface area contributed by atoms with Gasteiger partial charge in [0.25, 0.3) is 0 Å². The fourth-order valence-corrected chi connectivity index (χ4v) is 2.60. The number of Topliss-reactive ketones (excluding diaryl/α,β-unsaturated/α-hetero) is 1. The van der Waals surface area contributed by atoms with Crippen molar-refractivity contribution >= 4 is 27.5 Å². The summed E-state index contributed by atoms with van der Waals surface area (Å²) < 4.78 is 0. The van der Waals surface area contributed by atoms with Crippen molar-refractivity contribution in [2.45, 2.75) is 26.2 Å². The van der Waals surface area contributed by atoms with Crippen molar-refractivity contribution in [2.24, 2.45) is 0 Å². The highest BCUT2D eigenvalue weighted by Crippen LogP contribution is 2.26. The number of nitrogens with zero attached hydrogens (tertiary/aromatic N) is 1. The Morgan fingerprint density at radius 2 is 1.60 bits per heavy atom. The molecule has 0 atom stereocenters. The first-order chi connectivity index (χ1) is 9.79. The Kier molecular flexibility index (Phi) is 3.46. The summed E-state index contributed by atoms with van der Waals surface area (Å²) in [6, 6.07) is 16.5. The van der Waals surface area contributed by atoms with Crippen molar-refractivity contribution in [3.05, 3.63) is 54.2 Å². The lowest BCUT2D eigenvalue weighted by Gasteiger charge is -2.09. The summed E-state index contributed by atoms with van der Waals surface area (Å²) in [5, 5.41) is 3.56. The molecule has 2 heteroatoms. The van der Waals surface area contributed by atoms with Gasteiger partial charge in [-0.1, -0.05) is 49.4 Å². The Bertz CT molecular complexity index is 777. The molecule has 0 radical (unpaired) electrons. The maximum absolute atomic E-state index is 11.6. The van der Waals surface area contributed by atoms with Crippen LogP contribution in [0.15, 0.2) is 48.5 Å². The number of pyridine rings is 1. The third-order valence-electron chi connectivity index (χ3n) is 3.72. The number of ketones is 1. The molecule has 2 nitrogen and oxygen atoms in total. The minimum Gasteiger partial charge on any atom is -0.300 e. The van der Waals surface area contributed by atoms with E-state index in [-0.39, 0.29) is 0 Å². The molecule has 0 aliphatic carbocycles. The van der Waals surface area contributed by atoms with Crippen LogP contribution in [0.2, 0.25) is 0 Å². The lowest BCUT2D eigenvalue weighted by atomic mass is 10.0. The topological polar surface area (TPSA) is 30.0 Å². The number of hydrogen-bond acceptors (Lipinski definition) is 2. The third kappa shape index (κ3) is 2.29. The highest BCUT2D eigenvalue weighted by atomic mass is 16.1. The largest absolute Gasteiger partial charge is 0.300 e. The summed E-state index contributed by atoms with van der Waals surface area (Å²) in [7, 11) is 0. The third-order valence-corrected chi connectivity index (χ3v) is 3.72. The Morgan fingerprint density at radius 3 is 2.35 bits per heavy atom. The zero-order valence-corrected chi connectivity index (χ0v) is 11.6. The van der Waals surface area contributed by atoms with Gasteiger partial charge in [-0.25, -0.2) is 0 Å². The van der Waals surface area contributed by atoms with Crippen LogP contribution in [0, 0.1) is 0 Å². The van der Waals surface area contributed by atoms with E-state index < -0.39 is 0 Å². The molecule has 0 saturated carbocycles. The molecule has 100 valence electrons. The van der Waals surface area contributed by atoms with E-state index >= 15 is 0 Å². The lowest BCUT2D eigenvalue weighted by molar-refractivity contribution is -0.118. The normalized spacial score (nSPS) is 11.1. The summed E-state index contributed by atoms with van der Waals surface area (Å²) in [5.74, 6) is 0.295. The smallest absolute Gasteiger partial charge is 0.133 e. The fourth-order valence-electron chi connectivity index (χ4n) is 2.60. The fraction of sp³-hybridized carbons (Fsp3) is 0.222. The first-order valence-electron chi connectivity index (χ1n) is 7.07. The van der Waals surface area contributed by atoms with Crippen LogP contribution in [0.1, 0.15) is 25.5 Å². The Labute approximate surface area is 118 Å². The van der Waals surface area contributed by atoms with E-state index in [0.29, 0.717) is 18.6 Å². The quantitative estimate of drug-likeness (QED) is 0.657. The van der Waals surface area contributed by atoms with Crippen molar-refractivity contribution in [3.8, 4) is 0 Å². The second-order valence-electron chi connectivity index (χ2n) is 5.01. The lowest BCUT2D eigenvalue weighted by Crippen LogP contribution is -2.00. The van der Waals surface area contributed by atoms with Gasteiger partial charge in [0.2, 0.25) is 0 Å². The number of carbonyl (C=O) groups is 1. The predicted molar refractivity (Wildman–Crippen MR) is 82.9 cm³/mol. The van der Waals surface area contributed by atoms with Gasteiger partial charge in [-0.05, 0) is 17.9 Å². The van der Waals surface area contributed by atoms with Crippen LogP contribution in [0.5, 0.6) is 0 Å². The second kappa shape index (κ2) is 5.41. The maximum Gasteiger partial charge on any atom is 0.133 e. The molecule has 3 rings (SSSR count). The minimum absolute atomic E-state index is 0.295. The van der Waals surface area contributed by atoms with Gasteiger partial charge in [0.15, 0.2) is 0 Å². The van der Waals surface area contributed by atoms with E-state index in [0.717, 1.165) is 23.0 Å². The van der Waals surface area contributed by atoms with Gasteiger partial charge >= 0.3 is 0 Å². The maximum atomic E-state index is 11.6. The van der Waals surface area contributed by atoms with Crippen molar-refractivity contribution < 1.29 is 4.79 Å². The molecule has 0 fully saturated rings. The van der Waals surface area contributed by atoms with E-state index in [4.69, 9.17) is 4.98 Å². The SMILES string of the molecule is CCC(=O)CCc1nc2ccccc2c2ccccc12. The van der Waals surface area contributed by atoms with Gasteiger partial charge in [-0.2, -0.15) is 0 Å². The summed E-state index contributed by atoms with van der Waals surface area (Å²) in [6.45, 7) is 1.91. The van der Waals surface area contributed by atoms with E-state index in [1.165, 1.54) is 10.8 Å². The zero-order valence-electron chi connectivity index (χ0n) is 11.6. The van der Waals surface area contributed by atoms with Crippen LogP contribution in [-0.4, -0.2) is 10.8 Å². The van der Waals surface area contributed by atoms with E-state index in [9.17, 15) is 4.79 Å². The number of hydrogen-bond donors (Lipinski definition) is 0. The van der Waals surface area contributed by atoms with Crippen LogP contribution in [0.25, 0.3) is 21.7 Å². The number of aromatic nitrogens is 1. The van der Waals surface area contributed by atoms with E-state index in [1.807, 2.05) is 31.2 Å². The molecule has 0 amide bonds. The molecule has 3 aromatic rings. The molecule has 0 aliphatic rings. The molecular formula is C18H17NO. The van der Waals surface area contributed by atoms with E-state index in [2.05, 4.69) is 24.3 Å². The number of benzene rings is 2. The van der Waals surface area contributed by atoms with Gasteiger partial charge in [0.1, 0.15) is 5.78 Å². The molecule has 0 N–H and O–H groups in total. The monoisotopic (exact) mass is 263 g/mol. The molecule has 0 aliphatic heterocycles. The Balaban J connectivity index is 2.16. The molecule has 1 aromatic heterocycles. The Hall–Kier alpha value is -2.22. The van der Waals surface area contributed by atoms with E-state index in [1.54, 1.807) is 0 Å². The van der Waals surface area contributed by atoms with Crippen LogP contribution < -0.4 is 0 Å². The summed E-state index contributed by atoms with van der Waals surface area (Å²) in [6.07, 6.45) is 1.90. The molecule has 0 bridgehead atoms. The van der Waals surface area contributed by atoms with Crippen molar-refractivity contribution in [1.82, 2.24) is 4.98 Å². The van der Waals surface area contributed by atoms with Gasteiger partial charge < -0.3 is 0 Å². The van der Waals surface area contributed by atoms with Crippen LogP contribution in [0.3, 0.4) is 0 Å². The van der Waals surface area contributed by atoms with Crippen molar-refractivity contribution in [2.75, 3.05) is 0 Å². The van der Waals surface area contributed by atoms with Crippen LogP contribution >= 0.6 is 0 Å². The first kappa shape index (κ1) is 12.8. The molecule has 0 spiro atoms. The molecule has 2 aromatic carbocycles. The molecule has 0 saturated heterocycles. The van der Waals surface area contributed by atoms with Crippen LogP contribution in [-0.2, 0) is 11.2 Å². The number of carbonyl (C=O) groups excluding carboxylic acids is 1. The van der Waals surface area contributed by atoms with Gasteiger partial charge in [0, 0.05) is 29.3 Å². The minimum atomic E-state index is 0.295. The van der Waals surface area contributed by atoms with Gasteiger partial charge in [-0.15, -0.1) is 0 Å². The van der Waals surface area contributed by atoms with Crippen molar-refractivity contribution in [1.29, 1.82) is 0 Å². The number of fused-ring (bicyclic) bond motifs is 3. The standard InChI is InChI=1S/C18H17NO/c1-2-13(20)11-12-18-16-8-4-3-7-14(16)15-9-5-6-10-17(15)19-18/h3-10H,2,11-12H2,1H3. The summed E-state index contributed by atoms with van der Waals surface area (Å²) >= 11 is 0. The summed E-state index contributed by atoms with van der Waals surface area (Å²) in [4.78, 5) is 16.3. The van der Waals surface area contributed by atoms with Crippen molar-refractivity contribution in [3.63, 3.8) is 0 Å². The highest BCUT2D eigenvalue weighted by Gasteiger charge is 2.09. The average Bonchev–Trinajstić information content (AvgIpc) is 2.52. The zero-order chi connectivity index (χ0) is 13.9. The predicted octanol–water partition coefficient (Wildman–Crippen LogP) is 4.30. The number of para-hydroxylation sites is 1. The van der Waals surface area contributed by atoms with Crippen LogP contribution in [0.4, 0.5) is 0 Å². The molecule has 1 heterocycles. The summed E-state index contributed by atoms with van der Waals surface area (Å²) in [5.41, 5.74) is 2.03. The molecular weight excluding hydrogens is 246 g/mol. The second-order valence-corrected chi connectivity index (χ2v) is 5.01. The average molecular weight is 263 g/mol. The Morgan fingerprint density at radius 1 is 0.950 bits per heavy atom. The molecule has 20 heavy (non-hydrogen) atoms. The highest BCUT2D eigenvalue weighted by molar-refractivity contribution is 6.06.